The zero-order chi connectivity index (χ0) is 21.4. The molecular formula is C25H39Cl2N3O2. The maximum atomic E-state index is 13.1. The first-order valence-corrected chi connectivity index (χ1v) is 11.7. The Balaban J connectivity index is 0.00000181. The molecule has 2 bridgehead atoms. The van der Waals surface area contributed by atoms with Gasteiger partial charge in [-0.3, -0.25) is 19.4 Å². The zero-order valence-corrected chi connectivity index (χ0v) is 21.3. The van der Waals surface area contributed by atoms with Crippen molar-refractivity contribution in [1.29, 1.82) is 0 Å². The fraction of sp³-hybridized carbons (Fsp3) is 0.680. The van der Waals surface area contributed by atoms with Crippen LogP contribution in [0, 0.1) is 16.7 Å². The van der Waals surface area contributed by atoms with E-state index in [1.807, 2.05) is 0 Å². The molecule has 4 rings (SSSR count). The fourth-order valence-electron chi connectivity index (χ4n) is 5.73. The molecule has 2 saturated heterocycles. The fourth-order valence-corrected chi connectivity index (χ4v) is 5.73. The van der Waals surface area contributed by atoms with E-state index in [1.54, 1.807) is 4.90 Å². The number of carbonyl (C=O) groups is 2. The summed E-state index contributed by atoms with van der Waals surface area (Å²) in [4.78, 5) is 32.7. The van der Waals surface area contributed by atoms with Crippen LogP contribution in [0.1, 0.15) is 52.0 Å². The van der Waals surface area contributed by atoms with E-state index < -0.39 is 0 Å². The van der Waals surface area contributed by atoms with Crippen LogP contribution in [-0.4, -0.2) is 65.8 Å². The monoisotopic (exact) mass is 483 g/mol. The van der Waals surface area contributed by atoms with Gasteiger partial charge in [0.05, 0.1) is 5.41 Å². The van der Waals surface area contributed by atoms with Crippen molar-refractivity contribution < 1.29 is 9.59 Å². The molecule has 1 aromatic rings. The number of likely N-dealkylation sites (tertiary alicyclic amines) is 1. The van der Waals surface area contributed by atoms with Crippen molar-refractivity contribution in [3.63, 3.8) is 0 Å². The number of imide groups is 1. The maximum absolute atomic E-state index is 13.1. The van der Waals surface area contributed by atoms with Crippen molar-refractivity contribution in [2.75, 3.05) is 39.3 Å². The number of rotatable bonds is 7. The molecule has 1 aliphatic carbocycles. The Morgan fingerprint density at radius 1 is 0.875 bits per heavy atom. The Kier molecular flexibility index (Phi) is 9.20. The molecule has 1 saturated carbocycles. The Morgan fingerprint density at radius 3 is 2.12 bits per heavy atom. The zero-order valence-electron chi connectivity index (χ0n) is 19.7. The van der Waals surface area contributed by atoms with Gasteiger partial charge in [-0.2, -0.15) is 0 Å². The van der Waals surface area contributed by atoms with Crippen molar-refractivity contribution in [2.45, 2.75) is 53.0 Å². The van der Waals surface area contributed by atoms with Crippen LogP contribution in [0.15, 0.2) is 30.3 Å². The highest BCUT2D eigenvalue weighted by atomic mass is 35.5. The molecule has 1 aromatic carbocycles. The second-order valence-corrected chi connectivity index (χ2v) is 10.3. The summed E-state index contributed by atoms with van der Waals surface area (Å²) >= 11 is 0. The first-order valence-electron chi connectivity index (χ1n) is 11.7. The lowest BCUT2D eigenvalue weighted by Crippen LogP contribution is -2.59. The topological polar surface area (TPSA) is 43.9 Å². The molecule has 2 amide bonds. The third-order valence-corrected chi connectivity index (χ3v) is 8.33. The Morgan fingerprint density at radius 2 is 1.47 bits per heavy atom. The summed E-state index contributed by atoms with van der Waals surface area (Å²) in [5.41, 5.74) is 0.797. The summed E-state index contributed by atoms with van der Waals surface area (Å²) in [5, 5.41) is 0. The number of amides is 2. The molecule has 5 nitrogen and oxygen atoms in total. The molecule has 3 aliphatic rings. The average Bonchev–Trinajstić information content (AvgIpc) is 2.93. The van der Waals surface area contributed by atoms with Crippen LogP contribution in [-0.2, 0) is 16.1 Å². The normalized spacial score (nSPS) is 27.7. The van der Waals surface area contributed by atoms with Gasteiger partial charge in [0.2, 0.25) is 11.8 Å². The van der Waals surface area contributed by atoms with E-state index in [9.17, 15) is 9.59 Å². The van der Waals surface area contributed by atoms with Gasteiger partial charge in [0.25, 0.3) is 0 Å². The number of hydrogen-bond acceptors (Lipinski definition) is 4. The number of piperidine rings is 1. The van der Waals surface area contributed by atoms with Gasteiger partial charge >= 0.3 is 0 Å². The predicted molar refractivity (Wildman–Crippen MR) is 133 cm³/mol. The van der Waals surface area contributed by atoms with Crippen LogP contribution < -0.4 is 0 Å². The number of halogens is 2. The summed E-state index contributed by atoms with van der Waals surface area (Å²) in [5.74, 6) is 0.160. The van der Waals surface area contributed by atoms with Crippen LogP contribution in [0.5, 0.6) is 0 Å². The third-order valence-electron chi connectivity index (χ3n) is 8.33. The number of nitrogens with zero attached hydrogens (tertiary/aromatic N) is 3. The molecule has 3 fully saturated rings. The standard InChI is InChI=1S/C25H37N3O2.2ClH/c1-24(2)21-11-12-25(24,3)23(30)28(22(21)29)14-8-7-13-26-15-17-27(18-16-26)19-20-9-5-4-6-10-20;;/h4-6,9-10,21H,7-8,11-19H2,1-3H3;2*1H. The summed E-state index contributed by atoms with van der Waals surface area (Å²) < 4.78 is 0. The molecule has 0 spiro atoms. The number of hydrogen-bond donors (Lipinski definition) is 0. The van der Waals surface area contributed by atoms with E-state index in [0.717, 1.165) is 65.0 Å². The molecule has 2 atom stereocenters. The number of benzene rings is 1. The SMILES string of the molecule is CC12CCC(C(=O)N(CCCCN3CCN(Cc4ccccc4)CC3)C1=O)C2(C)C.Cl.Cl. The summed E-state index contributed by atoms with van der Waals surface area (Å²) in [7, 11) is 0. The quantitative estimate of drug-likeness (QED) is 0.429. The molecule has 2 heterocycles. The van der Waals surface area contributed by atoms with Crippen molar-refractivity contribution in [1.82, 2.24) is 14.7 Å². The van der Waals surface area contributed by atoms with E-state index >= 15 is 0 Å². The van der Waals surface area contributed by atoms with Crippen LogP contribution in [0.25, 0.3) is 0 Å². The second-order valence-electron chi connectivity index (χ2n) is 10.3. The number of carbonyl (C=O) groups excluding carboxylic acids is 2. The number of unbranched alkanes of at least 4 members (excludes halogenated alkanes) is 1. The summed E-state index contributed by atoms with van der Waals surface area (Å²) in [6, 6.07) is 10.7. The van der Waals surface area contributed by atoms with E-state index in [0.29, 0.717) is 6.54 Å². The minimum atomic E-state index is -0.374. The molecule has 2 aliphatic heterocycles. The number of piperazine rings is 1. The molecule has 0 aromatic heterocycles. The van der Waals surface area contributed by atoms with E-state index in [1.165, 1.54) is 5.56 Å². The van der Waals surface area contributed by atoms with Gasteiger partial charge in [0, 0.05) is 45.2 Å². The molecule has 0 radical (unpaired) electrons. The Labute approximate surface area is 205 Å². The number of fused-ring (bicyclic) bond motifs is 2. The lowest BCUT2D eigenvalue weighted by molar-refractivity contribution is -0.167. The molecule has 0 N–H and O–H groups in total. The van der Waals surface area contributed by atoms with Gasteiger partial charge in [0.1, 0.15) is 0 Å². The molecule has 2 unspecified atom stereocenters. The lowest BCUT2D eigenvalue weighted by atomic mass is 9.62. The second kappa shape index (κ2) is 10.9. The van der Waals surface area contributed by atoms with Crippen LogP contribution in [0.4, 0.5) is 0 Å². The Hall–Kier alpha value is -1.14. The predicted octanol–water partition coefficient (Wildman–Crippen LogP) is 4.24. The molecule has 32 heavy (non-hydrogen) atoms. The van der Waals surface area contributed by atoms with E-state index in [4.69, 9.17) is 0 Å². The van der Waals surface area contributed by atoms with Gasteiger partial charge in [-0.1, -0.05) is 51.1 Å². The van der Waals surface area contributed by atoms with Gasteiger partial charge in [-0.05, 0) is 43.2 Å². The summed E-state index contributed by atoms with van der Waals surface area (Å²) in [6.45, 7) is 13.4. The average molecular weight is 485 g/mol. The molecule has 7 heteroatoms. The highest BCUT2D eigenvalue weighted by molar-refractivity contribution is 6.03. The third kappa shape index (κ3) is 5.01. The van der Waals surface area contributed by atoms with Gasteiger partial charge in [-0.15, -0.1) is 24.8 Å². The van der Waals surface area contributed by atoms with Crippen molar-refractivity contribution in [3.8, 4) is 0 Å². The van der Waals surface area contributed by atoms with Crippen molar-refractivity contribution in [3.05, 3.63) is 35.9 Å². The van der Waals surface area contributed by atoms with Crippen molar-refractivity contribution in [2.24, 2.45) is 16.7 Å². The van der Waals surface area contributed by atoms with Crippen molar-refractivity contribution >= 4 is 36.6 Å². The first-order chi connectivity index (χ1) is 14.3. The lowest BCUT2D eigenvalue weighted by Gasteiger charge is -2.47. The highest BCUT2D eigenvalue weighted by Crippen LogP contribution is 2.60. The minimum absolute atomic E-state index is 0. The molecule has 180 valence electrons. The highest BCUT2D eigenvalue weighted by Gasteiger charge is 2.64. The van der Waals surface area contributed by atoms with Crippen LogP contribution in [0.2, 0.25) is 0 Å². The maximum Gasteiger partial charge on any atom is 0.235 e. The summed E-state index contributed by atoms with van der Waals surface area (Å²) in [6.07, 6.45) is 3.66. The Bertz CT molecular complexity index is 781. The first kappa shape index (κ1) is 27.1. The van der Waals surface area contributed by atoms with E-state index in [-0.39, 0.29) is 53.4 Å². The van der Waals surface area contributed by atoms with Crippen LogP contribution >= 0.6 is 24.8 Å². The minimum Gasteiger partial charge on any atom is -0.301 e. The van der Waals surface area contributed by atoms with Gasteiger partial charge in [0.15, 0.2) is 0 Å². The van der Waals surface area contributed by atoms with Gasteiger partial charge < -0.3 is 4.90 Å². The smallest absolute Gasteiger partial charge is 0.235 e. The molecular weight excluding hydrogens is 445 g/mol. The largest absolute Gasteiger partial charge is 0.301 e. The van der Waals surface area contributed by atoms with Crippen LogP contribution in [0.3, 0.4) is 0 Å². The van der Waals surface area contributed by atoms with Gasteiger partial charge in [-0.25, -0.2) is 0 Å². The van der Waals surface area contributed by atoms with E-state index in [2.05, 4.69) is 60.9 Å².